The Kier molecular flexibility index (Phi) is 9.89. The number of rotatable bonds is 10. The normalized spacial score (nSPS) is 24.4. The van der Waals surface area contributed by atoms with Crippen molar-refractivity contribution in [3.63, 3.8) is 0 Å². The predicted octanol–water partition coefficient (Wildman–Crippen LogP) is 6.57. The number of oxazole rings is 1. The molecule has 0 bridgehead atoms. The molecule has 4 fully saturated rings. The molecule has 11 nitrogen and oxygen atoms in total. The molecular weight excluding hydrogens is 620 g/mol. The van der Waals surface area contributed by atoms with E-state index >= 15 is 0 Å². The number of carbonyl (C=O) groups excluding carboxylic acids is 2. The third kappa shape index (κ3) is 7.61. The minimum Gasteiger partial charge on any atom is -0.481 e. The number of nitrogens with zero attached hydrogens (tertiary/aromatic N) is 6. The van der Waals surface area contributed by atoms with Crippen molar-refractivity contribution in [1.29, 1.82) is 0 Å². The summed E-state index contributed by atoms with van der Waals surface area (Å²) >= 11 is 0. The van der Waals surface area contributed by atoms with Gasteiger partial charge in [-0.3, -0.25) is 9.69 Å². The molecule has 1 aliphatic heterocycles. The van der Waals surface area contributed by atoms with Gasteiger partial charge in [0.15, 0.2) is 5.89 Å². The number of ether oxygens (including phenoxy) is 2. The molecular formula is C38H50N6O5. The molecule has 7 rings (SSSR count). The molecule has 49 heavy (non-hydrogen) atoms. The maximum atomic E-state index is 14.4. The summed E-state index contributed by atoms with van der Waals surface area (Å²) in [5, 5.41) is 0. The van der Waals surface area contributed by atoms with Crippen LogP contribution in [0.2, 0.25) is 0 Å². The zero-order valence-electron chi connectivity index (χ0n) is 29.3. The molecule has 0 radical (unpaired) electrons. The Bertz CT molecular complexity index is 1620. The molecule has 3 aliphatic carbocycles. The van der Waals surface area contributed by atoms with E-state index in [9.17, 15) is 9.59 Å². The van der Waals surface area contributed by atoms with Crippen molar-refractivity contribution in [2.24, 2.45) is 11.8 Å². The Morgan fingerprint density at radius 2 is 1.69 bits per heavy atom. The summed E-state index contributed by atoms with van der Waals surface area (Å²) in [5.74, 6) is 3.36. The van der Waals surface area contributed by atoms with E-state index in [0.717, 1.165) is 61.2 Å². The number of hydrogen-bond donors (Lipinski definition) is 0. The second-order valence-electron chi connectivity index (χ2n) is 14.9. The smallest absolute Gasteiger partial charge is 0.410 e. The van der Waals surface area contributed by atoms with E-state index in [0.29, 0.717) is 80.8 Å². The van der Waals surface area contributed by atoms with Crippen molar-refractivity contribution in [3.8, 4) is 17.1 Å². The fourth-order valence-corrected chi connectivity index (χ4v) is 7.71. The second kappa shape index (κ2) is 14.5. The number of likely N-dealkylation sites (tertiary alicyclic amines) is 1. The lowest BCUT2D eigenvalue weighted by Gasteiger charge is -2.42. The van der Waals surface area contributed by atoms with E-state index in [2.05, 4.69) is 16.0 Å². The summed E-state index contributed by atoms with van der Waals surface area (Å²) in [7, 11) is 5.72. The zero-order valence-corrected chi connectivity index (χ0v) is 29.3. The summed E-state index contributed by atoms with van der Waals surface area (Å²) in [6, 6.07) is 6.53. The average Bonchev–Trinajstić information content (AvgIpc) is 3.82. The third-order valence-electron chi connectivity index (χ3n) is 11.2. The fraction of sp³-hybridized carbons (Fsp3) is 0.605. The molecule has 2 amide bonds. The molecule has 0 N–H and O–H groups in total. The monoisotopic (exact) mass is 670 g/mol. The van der Waals surface area contributed by atoms with E-state index in [-0.39, 0.29) is 24.0 Å². The van der Waals surface area contributed by atoms with Gasteiger partial charge < -0.3 is 23.7 Å². The quantitative estimate of drug-likeness (QED) is 0.236. The van der Waals surface area contributed by atoms with Crippen LogP contribution in [0.1, 0.15) is 93.1 Å². The third-order valence-corrected chi connectivity index (χ3v) is 11.2. The van der Waals surface area contributed by atoms with Gasteiger partial charge in [-0.1, -0.05) is 0 Å². The molecule has 0 unspecified atom stereocenters. The average molecular weight is 671 g/mol. The fourth-order valence-electron chi connectivity index (χ4n) is 7.71. The van der Waals surface area contributed by atoms with Crippen molar-refractivity contribution in [2.45, 2.75) is 95.1 Å². The van der Waals surface area contributed by atoms with Gasteiger partial charge in [0, 0.05) is 61.0 Å². The van der Waals surface area contributed by atoms with Crippen LogP contribution in [-0.4, -0.2) is 89.7 Å². The van der Waals surface area contributed by atoms with Crippen LogP contribution in [0.3, 0.4) is 0 Å². The molecule has 3 aromatic heterocycles. The largest absolute Gasteiger partial charge is 0.481 e. The van der Waals surface area contributed by atoms with Gasteiger partial charge in [-0.25, -0.2) is 19.7 Å². The summed E-state index contributed by atoms with van der Waals surface area (Å²) in [4.78, 5) is 47.0. The van der Waals surface area contributed by atoms with Crippen LogP contribution in [0.25, 0.3) is 11.3 Å². The number of likely N-dealkylation sites (N-methyl/N-ethyl adjacent to an activating group) is 1. The summed E-state index contributed by atoms with van der Waals surface area (Å²) in [6.07, 6.45) is 14.3. The number of pyridine rings is 2. The molecule has 3 saturated carbocycles. The molecule has 4 heterocycles. The number of aromatic nitrogens is 3. The first-order valence-electron chi connectivity index (χ1n) is 18.1. The molecule has 0 atom stereocenters. The van der Waals surface area contributed by atoms with Gasteiger partial charge in [0.1, 0.15) is 23.9 Å². The zero-order chi connectivity index (χ0) is 34.1. The van der Waals surface area contributed by atoms with Crippen molar-refractivity contribution >= 4 is 17.8 Å². The summed E-state index contributed by atoms with van der Waals surface area (Å²) < 4.78 is 17.0. The Balaban J connectivity index is 1.02. The van der Waals surface area contributed by atoms with E-state index in [1.165, 1.54) is 5.56 Å². The number of amides is 2. The van der Waals surface area contributed by atoms with Gasteiger partial charge in [-0.15, -0.1) is 0 Å². The molecule has 1 saturated heterocycles. The lowest BCUT2D eigenvalue weighted by molar-refractivity contribution is -0.124. The van der Waals surface area contributed by atoms with Gasteiger partial charge >= 0.3 is 6.09 Å². The Morgan fingerprint density at radius 3 is 2.37 bits per heavy atom. The molecule has 0 aromatic carbocycles. The Hall–Kier alpha value is -3.99. The first-order chi connectivity index (χ1) is 23.7. The van der Waals surface area contributed by atoms with Gasteiger partial charge in [-0.2, -0.15) is 0 Å². The van der Waals surface area contributed by atoms with Crippen LogP contribution in [0.15, 0.2) is 41.3 Å². The van der Waals surface area contributed by atoms with Gasteiger partial charge in [-0.05, 0) is 121 Å². The lowest BCUT2D eigenvalue weighted by atomic mass is 9.78. The highest BCUT2D eigenvalue weighted by Crippen LogP contribution is 2.41. The highest BCUT2D eigenvalue weighted by molar-refractivity contribution is 5.94. The van der Waals surface area contributed by atoms with Crippen LogP contribution in [0.4, 0.5) is 10.6 Å². The lowest BCUT2D eigenvalue weighted by Crippen LogP contribution is -2.59. The highest BCUT2D eigenvalue weighted by atomic mass is 16.6. The van der Waals surface area contributed by atoms with Gasteiger partial charge in [0.05, 0.1) is 7.11 Å². The molecule has 11 heteroatoms. The van der Waals surface area contributed by atoms with E-state index in [1.54, 1.807) is 24.5 Å². The predicted molar refractivity (Wildman–Crippen MR) is 186 cm³/mol. The van der Waals surface area contributed by atoms with E-state index < -0.39 is 0 Å². The molecule has 0 spiro atoms. The maximum absolute atomic E-state index is 14.4. The molecule has 262 valence electrons. The van der Waals surface area contributed by atoms with E-state index in [1.807, 2.05) is 44.2 Å². The van der Waals surface area contributed by atoms with Crippen molar-refractivity contribution in [2.75, 3.05) is 45.7 Å². The standard InChI is InChI=1S/C38H50N6O5/c1-24-17-30(19-40-35(24)47-4)26-7-5-25(6-8-26)20-44(34-18-29(15-16-39-34)33-23-48-36(41-33)27-9-10-27)37(45)28-11-13-32(14-12-28)49-38(46)43-21-31(22-43)42(2)3/h15-19,23,25-28,31-32H,5-14,20-22H2,1-4H3/t25-,26-,28-,32-. The Labute approximate surface area is 289 Å². The van der Waals surface area contributed by atoms with Crippen LogP contribution >= 0.6 is 0 Å². The first-order valence-corrected chi connectivity index (χ1v) is 18.1. The van der Waals surface area contributed by atoms with Gasteiger partial charge in [0.25, 0.3) is 0 Å². The number of hydrogen-bond acceptors (Lipinski definition) is 9. The number of carbonyl (C=O) groups is 2. The summed E-state index contributed by atoms with van der Waals surface area (Å²) in [6.45, 7) is 4.08. The SMILES string of the molecule is COc1ncc([C@H]2CC[C@H](CN(c3cc(-c4coc(C5CC5)n4)ccn3)C(=O)[C@H]3CC[C@H](OC(=O)N4CC(N(C)C)C4)CC3)CC2)cc1C. The number of anilines is 1. The van der Waals surface area contributed by atoms with E-state index in [4.69, 9.17) is 23.9 Å². The van der Waals surface area contributed by atoms with Crippen molar-refractivity contribution < 1.29 is 23.5 Å². The van der Waals surface area contributed by atoms with Crippen molar-refractivity contribution in [1.82, 2.24) is 24.8 Å². The second-order valence-corrected chi connectivity index (χ2v) is 14.9. The van der Waals surface area contributed by atoms with Crippen LogP contribution in [-0.2, 0) is 9.53 Å². The minimum absolute atomic E-state index is 0.113. The molecule has 4 aliphatic rings. The van der Waals surface area contributed by atoms with Crippen LogP contribution in [0.5, 0.6) is 5.88 Å². The minimum atomic E-state index is -0.232. The molecule has 3 aromatic rings. The summed E-state index contributed by atoms with van der Waals surface area (Å²) in [5.41, 5.74) is 4.01. The highest BCUT2D eigenvalue weighted by Gasteiger charge is 2.37. The first kappa shape index (κ1) is 33.5. The number of aryl methyl sites for hydroxylation is 1. The maximum Gasteiger partial charge on any atom is 0.410 e. The van der Waals surface area contributed by atoms with Crippen LogP contribution < -0.4 is 9.64 Å². The van der Waals surface area contributed by atoms with Crippen molar-refractivity contribution in [3.05, 3.63) is 53.9 Å². The van der Waals surface area contributed by atoms with Crippen LogP contribution in [0, 0.1) is 18.8 Å². The topological polar surface area (TPSA) is 114 Å². The number of methoxy groups -OCH3 is 1. The van der Waals surface area contributed by atoms with Gasteiger partial charge in [0.2, 0.25) is 11.8 Å². The Morgan fingerprint density at radius 1 is 0.959 bits per heavy atom.